The number of carboxylic acid groups (broad SMARTS) is 1. The third-order valence-electron chi connectivity index (χ3n) is 4.29. The minimum absolute atomic E-state index is 0.190. The molecule has 1 aromatic carbocycles. The Labute approximate surface area is 131 Å². The van der Waals surface area contributed by atoms with Gasteiger partial charge >= 0.3 is 5.97 Å². The molecule has 22 heavy (non-hydrogen) atoms. The molecule has 1 aliphatic rings. The number of hydrogen-bond acceptors (Lipinski definition) is 2. The second kappa shape index (κ2) is 8.08. The zero-order valence-electron chi connectivity index (χ0n) is 13.0. The van der Waals surface area contributed by atoms with E-state index < -0.39 is 5.97 Å². The number of carbonyl (C=O) groups is 1. The highest BCUT2D eigenvalue weighted by Gasteiger charge is 2.30. The van der Waals surface area contributed by atoms with Crippen LogP contribution in [0.1, 0.15) is 37.2 Å². The molecule has 1 saturated heterocycles. The fraction of sp³-hybridized carbons (Fsp3) is 0.500. The Hall–Kier alpha value is -1.68. The summed E-state index contributed by atoms with van der Waals surface area (Å²) in [5.74, 6) is 0.0487. The van der Waals surface area contributed by atoms with Crippen LogP contribution in [0.25, 0.3) is 0 Å². The van der Waals surface area contributed by atoms with Gasteiger partial charge in [0.25, 0.3) is 0 Å². The van der Waals surface area contributed by atoms with Crippen LogP contribution < -0.4 is 0 Å². The average Bonchev–Trinajstić information content (AvgIpc) is 2.84. The number of likely N-dealkylation sites (N-methyl/N-ethyl adjacent to an activating group) is 1. The Morgan fingerprint density at radius 1 is 1.32 bits per heavy atom. The van der Waals surface area contributed by atoms with Crippen molar-refractivity contribution >= 4 is 5.97 Å². The number of aliphatic carboxylic acids is 1. The Kier molecular flexibility index (Phi) is 6.13. The first-order chi connectivity index (χ1) is 10.6. The number of rotatable bonds is 7. The minimum Gasteiger partial charge on any atom is -0.481 e. The Morgan fingerprint density at radius 2 is 2.05 bits per heavy atom. The van der Waals surface area contributed by atoms with Crippen molar-refractivity contribution in [1.29, 1.82) is 0 Å². The van der Waals surface area contributed by atoms with Gasteiger partial charge in [-0.05, 0) is 49.9 Å². The lowest BCUT2D eigenvalue weighted by Gasteiger charge is -2.17. The van der Waals surface area contributed by atoms with Crippen LogP contribution in [0, 0.1) is 11.7 Å². The van der Waals surface area contributed by atoms with Crippen LogP contribution in [0.15, 0.2) is 36.4 Å². The number of hydrogen-bond donors (Lipinski definition) is 1. The number of unbranched alkanes of at least 4 members (excludes halogenated alkanes) is 1. The number of halogens is 1. The van der Waals surface area contributed by atoms with Crippen LogP contribution in [0.2, 0.25) is 0 Å². The fourth-order valence-corrected chi connectivity index (χ4v) is 3.17. The van der Waals surface area contributed by atoms with Gasteiger partial charge in [0, 0.05) is 25.4 Å². The molecule has 0 radical (unpaired) electrons. The lowest BCUT2D eigenvalue weighted by Crippen LogP contribution is -2.13. The first-order valence-corrected chi connectivity index (χ1v) is 7.87. The van der Waals surface area contributed by atoms with Crippen molar-refractivity contribution in [3.8, 4) is 0 Å². The fourth-order valence-electron chi connectivity index (χ4n) is 3.17. The maximum Gasteiger partial charge on any atom is 0.303 e. The maximum atomic E-state index is 13.1. The van der Waals surface area contributed by atoms with Gasteiger partial charge in [-0.15, -0.1) is 0 Å². The lowest BCUT2D eigenvalue weighted by molar-refractivity contribution is -0.137. The van der Waals surface area contributed by atoms with Gasteiger partial charge in [-0.3, -0.25) is 4.79 Å². The van der Waals surface area contributed by atoms with E-state index in [0.29, 0.717) is 18.3 Å². The van der Waals surface area contributed by atoms with Crippen molar-refractivity contribution in [1.82, 2.24) is 4.90 Å². The zero-order valence-corrected chi connectivity index (χ0v) is 13.0. The van der Waals surface area contributed by atoms with Crippen molar-refractivity contribution < 1.29 is 14.3 Å². The predicted octanol–water partition coefficient (Wildman–Crippen LogP) is 3.67. The molecule has 2 atom stereocenters. The molecular weight excluding hydrogens is 281 g/mol. The highest BCUT2D eigenvalue weighted by molar-refractivity contribution is 5.66. The van der Waals surface area contributed by atoms with E-state index >= 15 is 0 Å². The molecular formula is C18H24FNO2. The smallest absolute Gasteiger partial charge is 0.303 e. The molecule has 0 saturated carbocycles. The van der Waals surface area contributed by atoms with Crippen molar-refractivity contribution in [2.45, 2.75) is 31.6 Å². The lowest BCUT2D eigenvalue weighted by atomic mass is 9.86. The standard InChI is InChI=1S/C18H24FNO2/c1-20-12-15(6-4-2-3-5-7-18(21)22)17(13-20)14-8-10-16(19)11-9-14/h2,4,8-11,15,17H,3,5-7,12-13H2,1H3,(H,21,22)/b4-2-/t15-,17-/m0/s1. The molecule has 0 aromatic heterocycles. The summed E-state index contributed by atoms with van der Waals surface area (Å²) in [7, 11) is 2.12. The summed E-state index contributed by atoms with van der Waals surface area (Å²) in [5.41, 5.74) is 1.20. The zero-order chi connectivity index (χ0) is 15.9. The summed E-state index contributed by atoms with van der Waals surface area (Å²) >= 11 is 0. The molecule has 0 spiro atoms. The summed E-state index contributed by atoms with van der Waals surface area (Å²) in [6.07, 6.45) is 6.98. The van der Waals surface area contributed by atoms with Crippen molar-refractivity contribution in [3.63, 3.8) is 0 Å². The van der Waals surface area contributed by atoms with Crippen molar-refractivity contribution in [2.24, 2.45) is 5.92 Å². The van der Waals surface area contributed by atoms with Gasteiger partial charge in [0.15, 0.2) is 0 Å². The van der Waals surface area contributed by atoms with Crippen LogP contribution in [0.4, 0.5) is 4.39 Å². The third kappa shape index (κ3) is 4.95. The topological polar surface area (TPSA) is 40.5 Å². The number of allylic oxidation sites excluding steroid dienone is 2. The van der Waals surface area contributed by atoms with Crippen LogP contribution in [0.5, 0.6) is 0 Å². The van der Waals surface area contributed by atoms with Crippen LogP contribution >= 0.6 is 0 Å². The number of benzene rings is 1. The van der Waals surface area contributed by atoms with Gasteiger partial charge in [-0.2, -0.15) is 0 Å². The highest BCUT2D eigenvalue weighted by Crippen LogP contribution is 2.34. The second-order valence-electron chi connectivity index (χ2n) is 6.13. The van der Waals surface area contributed by atoms with Gasteiger partial charge in [-0.25, -0.2) is 4.39 Å². The van der Waals surface area contributed by atoms with E-state index in [1.165, 1.54) is 17.7 Å². The molecule has 1 heterocycles. The Morgan fingerprint density at radius 3 is 2.73 bits per heavy atom. The molecule has 1 fully saturated rings. The van der Waals surface area contributed by atoms with Crippen LogP contribution in [0.3, 0.4) is 0 Å². The first kappa shape index (κ1) is 16.7. The quantitative estimate of drug-likeness (QED) is 0.617. The molecule has 0 amide bonds. The monoisotopic (exact) mass is 305 g/mol. The third-order valence-corrected chi connectivity index (χ3v) is 4.29. The highest BCUT2D eigenvalue weighted by atomic mass is 19.1. The van der Waals surface area contributed by atoms with E-state index in [-0.39, 0.29) is 12.2 Å². The molecule has 3 nitrogen and oxygen atoms in total. The van der Waals surface area contributed by atoms with E-state index in [1.807, 2.05) is 12.1 Å². The maximum absolute atomic E-state index is 13.1. The first-order valence-electron chi connectivity index (χ1n) is 7.87. The Bertz CT molecular complexity index is 512. The summed E-state index contributed by atoms with van der Waals surface area (Å²) in [6, 6.07) is 6.85. The van der Waals surface area contributed by atoms with Crippen LogP contribution in [-0.4, -0.2) is 36.1 Å². The molecule has 1 N–H and O–H groups in total. The SMILES string of the molecule is CN1C[C@H](C/C=C\CCCC(=O)O)[C@H](c2ccc(F)cc2)C1. The minimum atomic E-state index is -0.734. The van der Waals surface area contributed by atoms with Crippen LogP contribution in [-0.2, 0) is 4.79 Å². The van der Waals surface area contributed by atoms with Crippen molar-refractivity contribution in [3.05, 3.63) is 47.8 Å². The molecule has 0 unspecified atom stereocenters. The molecule has 1 aliphatic heterocycles. The molecule has 2 rings (SSSR count). The number of carboxylic acids is 1. The van der Waals surface area contributed by atoms with E-state index in [4.69, 9.17) is 5.11 Å². The van der Waals surface area contributed by atoms with Gasteiger partial charge in [0.2, 0.25) is 0 Å². The predicted molar refractivity (Wildman–Crippen MR) is 85.4 cm³/mol. The van der Waals surface area contributed by atoms with Gasteiger partial charge < -0.3 is 10.0 Å². The van der Waals surface area contributed by atoms with E-state index in [0.717, 1.165) is 25.9 Å². The second-order valence-corrected chi connectivity index (χ2v) is 6.13. The molecule has 1 aromatic rings. The van der Waals surface area contributed by atoms with Gasteiger partial charge in [-0.1, -0.05) is 24.3 Å². The molecule has 0 aliphatic carbocycles. The molecule has 0 bridgehead atoms. The summed E-state index contributed by atoms with van der Waals surface area (Å²) in [6.45, 7) is 2.05. The summed E-state index contributed by atoms with van der Waals surface area (Å²) in [5, 5.41) is 8.60. The largest absolute Gasteiger partial charge is 0.481 e. The normalized spacial score (nSPS) is 22.5. The average molecular weight is 305 g/mol. The van der Waals surface area contributed by atoms with E-state index in [2.05, 4.69) is 24.1 Å². The number of likely N-dealkylation sites (tertiary alicyclic amines) is 1. The Balaban J connectivity index is 1.87. The molecule has 120 valence electrons. The summed E-state index contributed by atoms with van der Waals surface area (Å²) in [4.78, 5) is 12.8. The summed E-state index contributed by atoms with van der Waals surface area (Å²) < 4.78 is 13.1. The molecule has 4 heteroatoms. The number of nitrogens with zero attached hydrogens (tertiary/aromatic N) is 1. The van der Waals surface area contributed by atoms with E-state index in [1.54, 1.807) is 0 Å². The van der Waals surface area contributed by atoms with Gasteiger partial charge in [0.1, 0.15) is 5.82 Å². The van der Waals surface area contributed by atoms with Gasteiger partial charge in [0.05, 0.1) is 0 Å². The van der Waals surface area contributed by atoms with E-state index in [9.17, 15) is 9.18 Å². The van der Waals surface area contributed by atoms with Crippen molar-refractivity contribution in [2.75, 3.05) is 20.1 Å².